The number of carbonyl (C=O) groups is 4. The maximum Gasteiger partial charge on any atom is 0.305 e. The van der Waals surface area contributed by atoms with Gasteiger partial charge in [-0.05, 0) is 6.42 Å². The molecule has 1 saturated heterocycles. The Hall–Kier alpha value is -2.42. The van der Waals surface area contributed by atoms with Gasteiger partial charge in [0.2, 0.25) is 12.4 Å². The molecule has 1 fully saturated rings. The van der Waals surface area contributed by atoms with E-state index in [1.54, 1.807) is 0 Å². The van der Waals surface area contributed by atoms with Crippen molar-refractivity contribution in [3.8, 4) is 0 Å². The van der Waals surface area contributed by atoms with Gasteiger partial charge in [-0.3, -0.25) is 19.2 Å². The molecular formula is C16H22O9. The van der Waals surface area contributed by atoms with Gasteiger partial charge in [-0.1, -0.05) is 6.08 Å². The van der Waals surface area contributed by atoms with E-state index in [1.807, 2.05) is 0 Å². The molecule has 0 aliphatic carbocycles. The van der Waals surface area contributed by atoms with E-state index in [2.05, 4.69) is 6.58 Å². The van der Waals surface area contributed by atoms with Crippen LogP contribution in [0.3, 0.4) is 0 Å². The lowest BCUT2D eigenvalue weighted by molar-refractivity contribution is -0.295. The summed E-state index contributed by atoms with van der Waals surface area (Å²) in [5.41, 5.74) is 0. The molecule has 0 bridgehead atoms. The van der Waals surface area contributed by atoms with Gasteiger partial charge in [0.25, 0.3) is 0 Å². The second-order valence-corrected chi connectivity index (χ2v) is 5.40. The van der Waals surface area contributed by atoms with Crippen molar-refractivity contribution in [2.75, 3.05) is 0 Å². The normalized spacial score (nSPS) is 28.4. The first kappa shape index (κ1) is 20.6. The minimum absolute atomic E-state index is 0.209. The predicted octanol–water partition coefficient (Wildman–Crippen LogP) is 0.646. The molecule has 0 saturated carbocycles. The van der Waals surface area contributed by atoms with E-state index >= 15 is 0 Å². The Bertz CT molecular complexity index is 542. The van der Waals surface area contributed by atoms with Gasteiger partial charge in [-0.25, -0.2) is 0 Å². The lowest BCUT2D eigenvalue weighted by Gasteiger charge is -2.43. The fourth-order valence-electron chi connectivity index (χ4n) is 2.47. The molecule has 140 valence electrons. The van der Waals surface area contributed by atoms with Crippen LogP contribution in [0.2, 0.25) is 0 Å². The van der Waals surface area contributed by atoms with Gasteiger partial charge < -0.3 is 23.7 Å². The average molecular weight is 358 g/mol. The number of hydrogen-bond acceptors (Lipinski definition) is 9. The molecule has 0 aromatic heterocycles. The first-order chi connectivity index (χ1) is 11.6. The monoisotopic (exact) mass is 358 g/mol. The molecule has 0 radical (unpaired) electrons. The molecular weight excluding hydrogens is 336 g/mol. The smallest absolute Gasteiger partial charge is 0.305 e. The van der Waals surface area contributed by atoms with Crippen molar-refractivity contribution in [3.63, 3.8) is 0 Å². The third kappa shape index (κ3) is 6.18. The van der Waals surface area contributed by atoms with Crippen LogP contribution >= 0.6 is 0 Å². The van der Waals surface area contributed by atoms with Crippen LogP contribution in [0.1, 0.15) is 34.1 Å². The third-order valence-corrected chi connectivity index (χ3v) is 3.18. The quantitative estimate of drug-likeness (QED) is 0.383. The van der Waals surface area contributed by atoms with Crippen LogP contribution in [0.15, 0.2) is 12.7 Å². The van der Waals surface area contributed by atoms with Gasteiger partial charge >= 0.3 is 23.9 Å². The van der Waals surface area contributed by atoms with E-state index in [4.69, 9.17) is 23.7 Å². The van der Waals surface area contributed by atoms with Crippen LogP contribution < -0.4 is 0 Å². The van der Waals surface area contributed by atoms with Crippen LogP contribution in [0.25, 0.3) is 0 Å². The summed E-state index contributed by atoms with van der Waals surface area (Å²) in [5, 5.41) is 0. The van der Waals surface area contributed by atoms with Crippen LogP contribution in [-0.2, 0) is 42.9 Å². The van der Waals surface area contributed by atoms with E-state index < -0.39 is 54.6 Å². The van der Waals surface area contributed by atoms with Crippen LogP contribution in [-0.4, -0.2) is 54.6 Å². The maximum atomic E-state index is 11.5. The van der Waals surface area contributed by atoms with Crippen LogP contribution in [0.4, 0.5) is 0 Å². The molecule has 0 aromatic rings. The van der Waals surface area contributed by atoms with Gasteiger partial charge in [-0.15, -0.1) is 6.58 Å². The summed E-state index contributed by atoms with van der Waals surface area (Å²) in [6.07, 6.45) is -4.02. The number of rotatable bonds is 6. The van der Waals surface area contributed by atoms with Crippen LogP contribution in [0.5, 0.6) is 0 Å². The zero-order valence-electron chi connectivity index (χ0n) is 14.6. The molecule has 0 aromatic carbocycles. The number of esters is 4. The van der Waals surface area contributed by atoms with Crippen molar-refractivity contribution in [2.45, 2.75) is 64.8 Å². The van der Waals surface area contributed by atoms with Crippen molar-refractivity contribution in [2.24, 2.45) is 0 Å². The van der Waals surface area contributed by atoms with Crippen molar-refractivity contribution in [1.29, 1.82) is 0 Å². The molecule has 1 unspecified atom stereocenters. The molecule has 5 atom stereocenters. The van der Waals surface area contributed by atoms with E-state index in [9.17, 15) is 19.2 Å². The van der Waals surface area contributed by atoms with Gasteiger partial charge in [0.15, 0.2) is 12.2 Å². The summed E-state index contributed by atoms with van der Waals surface area (Å²) < 4.78 is 26.2. The zero-order chi connectivity index (χ0) is 19.1. The Morgan fingerprint density at radius 1 is 0.800 bits per heavy atom. The van der Waals surface area contributed by atoms with Gasteiger partial charge in [-0.2, -0.15) is 0 Å². The second kappa shape index (κ2) is 9.16. The van der Waals surface area contributed by atoms with E-state index in [0.717, 1.165) is 20.8 Å². The molecule has 25 heavy (non-hydrogen) atoms. The third-order valence-electron chi connectivity index (χ3n) is 3.18. The minimum atomic E-state index is -1.33. The highest BCUT2D eigenvalue weighted by atomic mass is 16.7. The first-order valence-electron chi connectivity index (χ1n) is 7.61. The molecule has 9 nitrogen and oxygen atoms in total. The SMILES string of the molecule is C=CCC1O[C@H](OC(C)=O)[C@@H](OC(C)=O)[C@H](OC(C)=O)[C@@H]1OC(C)=O. The molecule has 0 amide bonds. The summed E-state index contributed by atoms with van der Waals surface area (Å²) in [5.74, 6) is -2.74. The Morgan fingerprint density at radius 2 is 1.24 bits per heavy atom. The summed E-state index contributed by atoms with van der Waals surface area (Å²) in [6.45, 7) is 8.19. The first-order valence-corrected chi connectivity index (χ1v) is 7.61. The molecule has 0 spiro atoms. The van der Waals surface area contributed by atoms with E-state index in [-0.39, 0.29) is 6.42 Å². The average Bonchev–Trinajstić information content (AvgIpc) is 2.45. The molecule has 1 aliphatic heterocycles. The van der Waals surface area contributed by atoms with Crippen molar-refractivity contribution in [1.82, 2.24) is 0 Å². The molecule has 9 heteroatoms. The molecule has 0 N–H and O–H groups in total. The molecule has 1 rings (SSSR count). The van der Waals surface area contributed by atoms with Crippen LogP contribution in [0, 0.1) is 0 Å². The Morgan fingerprint density at radius 3 is 1.68 bits per heavy atom. The van der Waals surface area contributed by atoms with Gasteiger partial charge in [0.1, 0.15) is 6.10 Å². The van der Waals surface area contributed by atoms with E-state index in [0.29, 0.717) is 0 Å². The number of hydrogen-bond donors (Lipinski definition) is 0. The fraction of sp³-hybridized carbons (Fsp3) is 0.625. The maximum absolute atomic E-state index is 11.5. The van der Waals surface area contributed by atoms with Crippen molar-refractivity contribution < 1.29 is 42.9 Å². The standard InChI is InChI=1S/C16H22O9/c1-6-7-12-13(21-8(2)17)14(22-9(3)18)15(23-10(4)19)16(25-12)24-11(5)20/h6,12-16H,1,7H2,2-5H3/t12?,13-,14-,15+,16+/m1/s1. The summed E-state index contributed by atoms with van der Waals surface area (Å²) in [6, 6.07) is 0. The Kier molecular flexibility index (Phi) is 7.56. The summed E-state index contributed by atoms with van der Waals surface area (Å²) in [7, 11) is 0. The Labute approximate surface area is 145 Å². The van der Waals surface area contributed by atoms with Crippen molar-refractivity contribution >= 4 is 23.9 Å². The lowest BCUT2D eigenvalue weighted by atomic mass is 9.96. The topological polar surface area (TPSA) is 114 Å². The largest absolute Gasteiger partial charge is 0.456 e. The van der Waals surface area contributed by atoms with Gasteiger partial charge in [0, 0.05) is 27.7 Å². The second-order valence-electron chi connectivity index (χ2n) is 5.40. The molecule has 1 aliphatic rings. The Balaban J connectivity index is 3.28. The highest BCUT2D eigenvalue weighted by Gasteiger charge is 2.52. The van der Waals surface area contributed by atoms with Crippen molar-refractivity contribution in [3.05, 3.63) is 12.7 Å². The zero-order valence-corrected chi connectivity index (χ0v) is 14.6. The fourth-order valence-corrected chi connectivity index (χ4v) is 2.47. The number of carbonyl (C=O) groups excluding carboxylic acids is 4. The minimum Gasteiger partial charge on any atom is -0.456 e. The highest BCUT2D eigenvalue weighted by molar-refractivity contribution is 5.69. The van der Waals surface area contributed by atoms with Gasteiger partial charge in [0.05, 0.1) is 0 Å². The molecule has 1 heterocycles. The summed E-state index contributed by atoms with van der Waals surface area (Å²) >= 11 is 0. The summed E-state index contributed by atoms with van der Waals surface area (Å²) in [4.78, 5) is 45.7. The lowest BCUT2D eigenvalue weighted by Crippen LogP contribution is -2.62. The highest BCUT2D eigenvalue weighted by Crippen LogP contribution is 2.31. The predicted molar refractivity (Wildman–Crippen MR) is 81.9 cm³/mol. The number of ether oxygens (including phenoxy) is 5. The van der Waals surface area contributed by atoms with E-state index in [1.165, 1.54) is 13.0 Å².